The Bertz CT molecular complexity index is 1230. The van der Waals surface area contributed by atoms with E-state index in [4.69, 9.17) is 4.74 Å². The van der Waals surface area contributed by atoms with Gasteiger partial charge in [-0.1, -0.05) is 0 Å². The van der Waals surface area contributed by atoms with Gasteiger partial charge in [-0.3, -0.25) is 9.20 Å². The molecule has 0 unspecified atom stereocenters. The second-order valence-corrected chi connectivity index (χ2v) is 8.79. The van der Waals surface area contributed by atoms with Gasteiger partial charge in [-0.15, -0.1) is 0 Å². The molecule has 5 rings (SSSR count). The highest BCUT2D eigenvalue weighted by molar-refractivity contribution is 5.95. The third kappa shape index (κ3) is 3.24. The molecule has 0 saturated carbocycles. The quantitative estimate of drug-likeness (QED) is 0.630. The van der Waals surface area contributed by atoms with Crippen molar-refractivity contribution in [2.24, 2.45) is 7.05 Å². The van der Waals surface area contributed by atoms with Crippen LogP contribution in [-0.2, 0) is 7.05 Å². The van der Waals surface area contributed by atoms with Crippen molar-refractivity contribution in [3.8, 4) is 5.75 Å². The van der Waals surface area contributed by atoms with Gasteiger partial charge in [-0.2, -0.15) is 5.10 Å². The van der Waals surface area contributed by atoms with E-state index >= 15 is 0 Å². The monoisotopic (exact) mass is 422 g/mol. The molecule has 0 aromatic carbocycles. The van der Waals surface area contributed by atoms with E-state index in [0.717, 1.165) is 31.5 Å². The van der Waals surface area contributed by atoms with Crippen molar-refractivity contribution in [3.05, 3.63) is 46.6 Å². The summed E-state index contributed by atoms with van der Waals surface area (Å²) in [5.74, 6) is 1.24. The minimum Gasteiger partial charge on any atom is -0.488 e. The minimum atomic E-state index is -0.189. The number of likely N-dealkylation sites (tertiary alicyclic amines) is 1. The fourth-order valence-electron chi connectivity index (χ4n) is 4.50. The van der Waals surface area contributed by atoms with Crippen LogP contribution in [0.25, 0.3) is 5.65 Å². The molecule has 9 heteroatoms. The largest absolute Gasteiger partial charge is 0.488 e. The van der Waals surface area contributed by atoms with Crippen molar-refractivity contribution in [2.45, 2.75) is 38.6 Å². The zero-order valence-electron chi connectivity index (χ0n) is 18.0. The van der Waals surface area contributed by atoms with Gasteiger partial charge in [0.05, 0.1) is 12.1 Å². The van der Waals surface area contributed by atoms with Crippen molar-refractivity contribution in [3.63, 3.8) is 0 Å². The summed E-state index contributed by atoms with van der Waals surface area (Å²) in [6, 6.07) is 5.51. The van der Waals surface area contributed by atoms with Gasteiger partial charge in [0, 0.05) is 43.3 Å². The number of hydrogen-bond acceptors (Lipinski definition) is 6. The topological polar surface area (TPSA) is 85.0 Å². The number of carbonyl (C=O) groups is 1. The van der Waals surface area contributed by atoms with Gasteiger partial charge in [0.2, 0.25) is 0 Å². The van der Waals surface area contributed by atoms with E-state index in [1.54, 1.807) is 25.5 Å². The van der Waals surface area contributed by atoms with Crippen LogP contribution in [0.1, 0.15) is 43.5 Å². The number of amides is 1. The van der Waals surface area contributed by atoms with Crippen LogP contribution in [0.15, 0.2) is 35.4 Å². The molecule has 1 amide bonds. The number of nitrogens with zero attached hydrogens (tertiary/aromatic N) is 6. The van der Waals surface area contributed by atoms with Gasteiger partial charge in [0.25, 0.3) is 5.91 Å². The van der Waals surface area contributed by atoms with Crippen molar-refractivity contribution in [2.75, 3.05) is 24.6 Å². The van der Waals surface area contributed by atoms with Gasteiger partial charge in [-0.25, -0.2) is 14.5 Å². The van der Waals surface area contributed by atoms with E-state index in [0.29, 0.717) is 35.9 Å². The van der Waals surface area contributed by atoms with Crippen LogP contribution >= 0.6 is 0 Å². The Hall–Kier alpha value is -3.36. The number of piperidine rings is 1. The van der Waals surface area contributed by atoms with Crippen LogP contribution in [-0.4, -0.2) is 55.2 Å². The molecule has 31 heavy (non-hydrogen) atoms. The highest BCUT2D eigenvalue weighted by Crippen LogP contribution is 2.36. The van der Waals surface area contributed by atoms with Crippen molar-refractivity contribution < 1.29 is 9.53 Å². The first kappa shape index (κ1) is 19.6. The van der Waals surface area contributed by atoms with Gasteiger partial charge < -0.3 is 14.5 Å². The van der Waals surface area contributed by atoms with E-state index in [1.807, 2.05) is 21.9 Å². The first-order valence-electron chi connectivity index (χ1n) is 10.6. The Morgan fingerprint density at radius 1 is 1.19 bits per heavy atom. The molecule has 0 bridgehead atoms. The Labute approximate surface area is 179 Å². The number of aryl methyl sites for hydroxylation is 1. The molecule has 0 spiro atoms. The Morgan fingerprint density at radius 2 is 2.03 bits per heavy atom. The molecule has 2 aliphatic heterocycles. The van der Waals surface area contributed by atoms with E-state index in [-0.39, 0.29) is 17.1 Å². The lowest BCUT2D eigenvalue weighted by Crippen LogP contribution is -2.50. The first-order chi connectivity index (χ1) is 14.8. The maximum Gasteiger partial charge on any atom is 0.350 e. The molecule has 1 saturated heterocycles. The van der Waals surface area contributed by atoms with Gasteiger partial charge in [0.1, 0.15) is 6.61 Å². The van der Waals surface area contributed by atoms with Gasteiger partial charge in [-0.05, 0) is 45.2 Å². The molecule has 0 aliphatic carbocycles. The number of anilines is 2. The average molecular weight is 422 g/mol. The third-order valence-electron chi connectivity index (χ3n) is 6.27. The normalized spacial score (nSPS) is 18.0. The van der Waals surface area contributed by atoms with Crippen LogP contribution < -0.4 is 15.3 Å². The molecule has 3 aromatic heterocycles. The van der Waals surface area contributed by atoms with E-state index in [1.165, 1.54) is 9.08 Å². The molecular formula is C22H26N6O3. The highest BCUT2D eigenvalue weighted by Gasteiger charge is 2.34. The molecule has 9 nitrogen and oxygen atoms in total. The SMILES string of the molecule is Cn1nc2cc(N3CCOc4cc(C(=O)N5CCCCC5(C)C)cnc43)ccn2c1=O. The van der Waals surface area contributed by atoms with Crippen LogP contribution in [0, 0.1) is 0 Å². The molecule has 3 aromatic rings. The highest BCUT2D eigenvalue weighted by atomic mass is 16.5. The summed E-state index contributed by atoms with van der Waals surface area (Å²) in [7, 11) is 1.63. The van der Waals surface area contributed by atoms with Gasteiger partial charge >= 0.3 is 5.69 Å². The molecular weight excluding hydrogens is 396 g/mol. The van der Waals surface area contributed by atoms with E-state index in [2.05, 4.69) is 23.9 Å². The van der Waals surface area contributed by atoms with Crippen molar-refractivity contribution in [1.29, 1.82) is 0 Å². The van der Waals surface area contributed by atoms with Crippen LogP contribution in [0.4, 0.5) is 11.5 Å². The molecule has 162 valence electrons. The standard InChI is InChI=1S/C22H26N6O3/c1-22(2)7-4-5-8-28(22)20(29)15-12-17-19(23-14-15)26(10-11-31-17)16-6-9-27-18(13-16)24-25(3)21(27)30/h6,9,12-14H,4-5,7-8,10-11H2,1-3H3. The number of pyridine rings is 2. The lowest BCUT2D eigenvalue weighted by molar-refractivity contribution is 0.0432. The molecule has 0 N–H and O–H groups in total. The molecule has 2 aliphatic rings. The van der Waals surface area contributed by atoms with Crippen molar-refractivity contribution >= 4 is 23.1 Å². The van der Waals surface area contributed by atoms with Gasteiger partial charge in [0.15, 0.2) is 17.2 Å². The molecule has 0 atom stereocenters. The summed E-state index contributed by atoms with van der Waals surface area (Å²) in [4.78, 5) is 33.9. The first-order valence-corrected chi connectivity index (χ1v) is 10.6. The molecule has 0 radical (unpaired) electrons. The number of carbonyl (C=O) groups excluding carboxylic acids is 1. The Morgan fingerprint density at radius 3 is 2.84 bits per heavy atom. The second kappa shape index (κ2) is 7.11. The summed E-state index contributed by atoms with van der Waals surface area (Å²) in [6.07, 6.45) is 6.52. The van der Waals surface area contributed by atoms with Crippen LogP contribution in [0.3, 0.4) is 0 Å². The fourth-order valence-corrected chi connectivity index (χ4v) is 4.50. The number of aromatic nitrogens is 4. The predicted octanol–water partition coefficient (Wildman–Crippen LogP) is 2.36. The molecule has 1 fully saturated rings. The fraction of sp³-hybridized carbons (Fsp3) is 0.455. The zero-order chi connectivity index (χ0) is 21.8. The lowest BCUT2D eigenvalue weighted by Gasteiger charge is -2.42. The summed E-state index contributed by atoms with van der Waals surface area (Å²) < 4.78 is 8.68. The maximum atomic E-state index is 13.2. The van der Waals surface area contributed by atoms with E-state index in [9.17, 15) is 9.59 Å². The zero-order valence-corrected chi connectivity index (χ0v) is 18.0. The molecule has 5 heterocycles. The van der Waals surface area contributed by atoms with Crippen LogP contribution in [0.2, 0.25) is 0 Å². The summed E-state index contributed by atoms with van der Waals surface area (Å²) in [6.45, 7) is 6.08. The minimum absolute atomic E-state index is 0.00463. The Balaban J connectivity index is 1.48. The average Bonchev–Trinajstić information content (AvgIpc) is 3.05. The number of ether oxygens (including phenoxy) is 1. The summed E-state index contributed by atoms with van der Waals surface area (Å²) >= 11 is 0. The summed E-state index contributed by atoms with van der Waals surface area (Å²) in [5.41, 5.74) is 1.63. The predicted molar refractivity (Wildman–Crippen MR) is 116 cm³/mol. The number of fused-ring (bicyclic) bond motifs is 2. The number of hydrogen-bond donors (Lipinski definition) is 0. The van der Waals surface area contributed by atoms with Crippen LogP contribution in [0.5, 0.6) is 5.75 Å². The van der Waals surface area contributed by atoms with E-state index < -0.39 is 0 Å². The second-order valence-electron chi connectivity index (χ2n) is 8.79. The smallest absolute Gasteiger partial charge is 0.350 e. The number of rotatable bonds is 2. The summed E-state index contributed by atoms with van der Waals surface area (Å²) in [5, 5.41) is 4.27. The van der Waals surface area contributed by atoms with Crippen molar-refractivity contribution in [1.82, 2.24) is 24.1 Å². The maximum absolute atomic E-state index is 13.2. The Kier molecular flexibility index (Phi) is 4.49. The third-order valence-corrected chi connectivity index (χ3v) is 6.27. The lowest BCUT2D eigenvalue weighted by atomic mass is 9.90.